The molecular formula is C15H23BFNO2. The average Bonchev–Trinajstić information content (AvgIpc) is 2.50. The highest BCUT2D eigenvalue weighted by Gasteiger charge is 2.42. The van der Waals surface area contributed by atoms with Gasteiger partial charge in [-0.05, 0) is 24.5 Å². The summed E-state index contributed by atoms with van der Waals surface area (Å²) in [5.74, 6) is -0.440. The largest absolute Gasteiger partial charge is 0.475 e. The molecule has 0 saturated heterocycles. The smallest absolute Gasteiger partial charge is 0.268 e. The molecule has 1 amide bonds. The van der Waals surface area contributed by atoms with Crippen LogP contribution in [0.15, 0.2) is 12.1 Å². The maximum Gasteiger partial charge on any atom is 0.268 e. The van der Waals surface area contributed by atoms with E-state index >= 15 is 0 Å². The van der Waals surface area contributed by atoms with Crippen molar-refractivity contribution in [2.24, 2.45) is 0 Å². The third kappa shape index (κ3) is 2.67. The molecule has 110 valence electrons. The number of amides is 1. The van der Waals surface area contributed by atoms with Crippen LogP contribution >= 0.6 is 0 Å². The molecule has 0 spiro atoms. The first-order valence-corrected chi connectivity index (χ1v) is 7.10. The molecule has 2 rings (SSSR count). The predicted molar refractivity (Wildman–Crippen MR) is 81.9 cm³/mol. The van der Waals surface area contributed by atoms with Crippen LogP contribution in [0.4, 0.5) is 10.1 Å². The minimum absolute atomic E-state index is 0. The number of anilines is 1. The van der Waals surface area contributed by atoms with E-state index in [1.54, 1.807) is 12.1 Å². The molecule has 1 aliphatic rings. The summed E-state index contributed by atoms with van der Waals surface area (Å²) >= 11 is 0. The third-order valence-corrected chi connectivity index (χ3v) is 3.50. The molecule has 1 heterocycles. The van der Waals surface area contributed by atoms with Crippen LogP contribution in [0, 0.1) is 5.82 Å². The summed E-state index contributed by atoms with van der Waals surface area (Å²) in [4.78, 5) is 12.1. The number of hydrogen-bond acceptors (Lipinski definition) is 2. The number of ether oxygens (including phenoxy) is 1. The van der Waals surface area contributed by atoms with Crippen molar-refractivity contribution < 1.29 is 15.3 Å². The first-order valence-electron chi connectivity index (χ1n) is 7.10. The molecule has 20 heavy (non-hydrogen) atoms. The molecule has 0 atom stereocenters. The average molecular weight is 279 g/mol. The fourth-order valence-electron chi connectivity index (χ4n) is 2.16. The second-order valence-electron chi connectivity index (χ2n) is 4.37. The van der Waals surface area contributed by atoms with Crippen molar-refractivity contribution in [2.45, 2.75) is 52.5 Å². The summed E-state index contributed by atoms with van der Waals surface area (Å²) in [5.41, 5.74) is -0.442. The van der Waals surface area contributed by atoms with Gasteiger partial charge in [-0.2, -0.15) is 0 Å². The van der Waals surface area contributed by atoms with Gasteiger partial charge >= 0.3 is 0 Å². The molecule has 0 bridgehead atoms. The van der Waals surface area contributed by atoms with Gasteiger partial charge in [-0.15, -0.1) is 0 Å². The molecule has 1 aliphatic heterocycles. The summed E-state index contributed by atoms with van der Waals surface area (Å²) in [5, 5.41) is 2.60. The third-order valence-electron chi connectivity index (χ3n) is 3.50. The van der Waals surface area contributed by atoms with Gasteiger partial charge in [-0.25, -0.2) is 4.39 Å². The Morgan fingerprint density at radius 2 is 1.95 bits per heavy atom. The Bertz CT molecular complexity index is 493. The molecule has 0 aromatic heterocycles. The van der Waals surface area contributed by atoms with E-state index in [4.69, 9.17) is 12.6 Å². The van der Waals surface area contributed by atoms with Gasteiger partial charge in [0.05, 0.1) is 7.85 Å². The lowest BCUT2D eigenvalue weighted by atomic mass is 9.92. The zero-order valence-corrected chi connectivity index (χ0v) is 12.5. The van der Waals surface area contributed by atoms with Gasteiger partial charge in [-0.3, -0.25) is 4.79 Å². The Morgan fingerprint density at radius 3 is 2.45 bits per heavy atom. The topological polar surface area (TPSA) is 38.3 Å². The Labute approximate surface area is 122 Å². The van der Waals surface area contributed by atoms with Crippen molar-refractivity contribution >= 4 is 19.4 Å². The molecule has 5 heteroatoms. The number of hydrogen-bond donors (Lipinski definition) is 1. The summed E-state index contributed by atoms with van der Waals surface area (Å²) in [6, 6.07) is 3.24. The standard InChI is InChI=1S/C13H15BFNO2.C2H6.H2/c1-3-13(4-2)12(17)16-11-9(18-13)6-5-8(7-14)10(11)15;1-2;/h5-6H,3-4,7H2,1-2H3,(H,16,17);1-2H3;1H. The SMILES string of the molecule is CC.[B]Cc1ccc2c(c1F)NC(=O)C(CC)(CC)O2.[HH]. The monoisotopic (exact) mass is 279 g/mol. The molecule has 0 unspecified atom stereocenters. The number of nitrogens with one attached hydrogen (secondary N) is 1. The highest BCUT2D eigenvalue weighted by molar-refractivity contribution is 6.08. The van der Waals surface area contributed by atoms with E-state index in [0.29, 0.717) is 24.2 Å². The van der Waals surface area contributed by atoms with E-state index in [0.717, 1.165) is 0 Å². The van der Waals surface area contributed by atoms with Crippen molar-refractivity contribution in [3.05, 3.63) is 23.5 Å². The predicted octanol–water partition coefficient (Wildman–Crippen LogP) is 3.66. The van der Waals surface area contributed by atoms with Gasteiger partial charge in [0.15, 0.2) is 11.4 Å². The fraction of sp³-hybridized carbons (Fsp3) is 0.533. The lowest BCUT2D eigenvalue weighted by Gasteiger charge is -2.36. The van der Waals surface area contributed by atoms with E-state index < -0.39 is 11.4 Å². The van der Waals surface area contributed by atoms with Crippen molar-refractivity contribution in [3.8, 4) is 5.75 Å². The van der Waals surface area contributed by atoms with E-state index in [9.17, 15) is 9.18 Å². The molecule has 1 aromatic rings. The summed E-state index contributed by atoms with van der Waals surface area (Å²) < 4.78 is 19.7. The van der Waals surface area contributed by atoms with Gasteiger partial charge in [0, 0.05) is 1.43 Å². The van der Waals surface area contributed by atoms with Crippen LogP contribution in [0.5, 0.6) is 5.75 Å². The number of carbonyl (C=O) groups excluding carboxylic acids is 1. The number of rotatable bonds is 3. The van der Waals surface area contributed by atoms with Gasteiger partial charge in [0.2, 0.25) is 0 Å². The molecule has 3 nitrogen and oxygen atoms in total. The van der Waals surface area contributed by atoms with Gasteiger partial charge in [0.1, 0.15) is 11.4 Å². The molecule has 1 aromatic carbocycles. The molecular weight excluding hydrogens is 256 g/mol. The quantitative estimate of drug-likeness (QED) is 0.857. The normalized spacial score (nSPS) is 15.3. The number of halogens is 1. The van der Waals surface area contributed by atoms with Crippen molar-refractivity contribution in [2.75, 3.05) is 5.32 Å². The van der Waals surface area contributed by atoms with Crippen LogP contribution in [0.3, 0.4) is 0 Å². The molecule has 2 radical (unpaired) electrons. The Morgan fingerprint density at radius 1 is 1.35 bits per heavy atom. The maximum absolute atomic E-state index is 14.0. The first kappa shape index (κ1) is 16.5. The van der Waals surface area contributed by atoms with Gasteiger partial charge in [-0.1, -0.05) is 40.1 Å². The van der Waals surface area contributed by atoms with Crippen LogP contribution in [0.2, 0.25) is 0 Å². The van der Waals surface area contributed by atoms with Crippen molar-refractivity contribution in [3.63, 3.8) is 0 Å². The van der Waals surface area contributed by atoms with Gasteiger partial charge < -0.3 is 10.1 Å². The minimum Gasteiger partial charge on any atom is -0.475 e. The zero-order chi connectivity index (χ0) is 15.3. The van der Waals surface area contributed by atoms with Crippen molar-refractivity contribution in [1.29, 1.82) is 0 Å². The van der Waals surface area contributed by atoms with E-state index in [1.807, 2.05) is 27.7 Å². The van der Waals surface area contributed by atoms with Crippen LogP contribution in [-0.4, -0.2) is 19.4 Å². The Hall–Kier alpha value is -1.52. The number of fused-ring (bicyclic) bond motifs is 1. The molecule has 0 saturated carbocycles. The van der Waals surface area contributed by atoms with E-state index in [1.165, 1.54) is 0 Å². The molecule has 0 fully saturated rings. The second-order valence-corrected chi connectivity index (χ2v) is 4.37. The molecule has 0 aliphatic carbocycles. The van der Waals surface area contributed by atoms with E-state index in [2.05, 4.69) is 5.32 Å². The maximum atomic E-state index is 14.0. The Kier molecular flexibility index (Phi) is 5.60. The van der Waals surface area contributed by atoms with Crippen LogP contribution in [-0.2, 0) is 11.1 Å². The second kappa shape index (κ2) is 6.77. The van der Waals surface area contributed by atoms with Gasteiger partial charge in [0.25, 0.3) is 5.91 Å². The van der Waals surface area contributed by atoms with Crippen molar-refractivity contribution in [1.82, 2.24) is 0 Å². The lowest BCUT2D eigenvalue weighted by Crippen LogP contribution is -2.50. The Balaban J connectivity index is 0.00000128. The van der Waals surface area contributed by atoms with Crippen LogP contribution < -0.4 is 10.1 Å². The first-order chi connectivity index (χ1) is 9.57. The molecule has 1 N–H and O–H groups in total. The summed E-state index contributed by atoms with van der Waals surface area (Å²) in [7, 11) is 5.43. The summed E-state index contributed by atoms with van der Waals surface area (Å²) in [6.45, 7) is 7.75. The number of carbonyl (C=O) groups is 1. The minimum atomic E-state index is -0.899. The lowest BCUT2D eigenvalue weighted by molar-refractivity contribution is -0.133. The van der Waals surface area contributed by atoms with E-state index in [-0.39, 0.29) is 19.3 Å². The van der Waals surface area contributed by atoms with Crippen LogP contribution in [0.25, 0.3) is 0 Å². The fourth-order valence-corrected chi connectivity index (χ4v) is 2.16. The summed E-state index contributed by atoms with van der Waals surface area (Å²) in [6.07, 6.45) is 1.16. The highest BCUT2D eigenvalue weighted by Crippen LogP contribution is 2.39. The number of benzene rings is 1. The zero-order valence-electron chi connectivity index (χ0n) is 12.5. The van der Waals surface area contributed by atoms with Crippen LogP contribution in [0.1, 0.15) is 47.5 Å². The highest BCUT2D eigenvalue weighted by atomic mass is 19.1.